The van der Waals surface area contributed by atoms with E-state index in [9.17, 15) is 9.59 Å². The van der Waals surface area contributed by atoms with Crippen molar-refractivity contribution in [2.24, 2.45) is 7.05 Å². The van der Waals surface area contributed by atoms with E-state index < -0.39 is 6.04 Å². The Labute approximate surface area is 219 Å². The molecule has 0 aliphatic heterocycles. The van der Waals surface area contributed by atoms with Crippen LogP contribution in [0.3, 0.4) is 0 Å². The van der Waals surface area contributed by atoms with Gasteiger partial charge < -0.3 is 16.0 Å². The summed E-state index contributed by atoms with van der Waals surface area (Å²) in [4.78, 5) is 36.8. The number of aryl methyl sites for hydroxylation is 1. The van der Waals surface area contributed by atoms with Crippen molar-refractivity contribution < 1.29 is 4.79 Å². The number of anilines is 2. The number of nitrogen functional groups attached to an aromatic ring is 1. The number of hydrogen-bond donors (Lipinski definition) is 2. The van der Waals surface area contributed by atoms with Crippen molar-refractivity contribution in [3.8, 4) is 16.8 Å². The Hall–Kier alpha value is -4.99. The molecule has 3 N–H and O–H groups in total. The monoisotopic (exact) mass is 508 g/mol. The van der Waals surface area contributed by atoms with E-state index >= 15 is 0 Å². The number of hydrogen-bond acceptors (Lipinski definition) is 7. The van der Waals surface area contributed by atoms with E-state index in [1.54, 1.807) is 29.5 Å². The molecule has 0 bridgehead atoms. The fourth-order valence-electron chi connectivity index (χ4n) is 4.53. The molecule has 0 fully saturated rings. The molecule has 0 unspecified atom stereocenters. The largest absolute Gasteiger partial charge is 0.368 e. The molecule has 10 heteroatoms. The van der Waals surface area contributed by atoms with Gasteiger partial charge in [-0.1, -0.05) is 36.4 Å². The molecule has 1 amide bonds. The highest BCUT2D eigenvalue weighted by Crippen LogP contribution is 2.30. The van der Waals surface area contributed by atoms with Crippen molar-refractivity contribution in [1.82, 2.24) is 29.2 Å². The lowest BCUT2D eigenvalue weighted by molar-refractivity contribution is 0.0827. The van der Waals surface area contributed by atoms with Crippen LogP contribution in [0.25, 0.3) is 27.6 Å². The second-order valence-corrected chi connectivity index (χ2v) is 9.27. The normalized spacial score (nSPS) is 11.9. The van der Waals surface area contributed by atoms with E-state index in [-0.39, 0.29) is 23.0 Å². The third kappa shape index (κ3) is 4.47. The molecule has 192 valence electrons. The molecule has 5 rings (SSSR count). The lowest BCUT2D eigenvalue weighted by Crippen LogP contribution is -2.27. The number of carbonyl (C=O) groups excluding carboxylic acids is 1. The minimum atomic E-state index is -0.433. The molecule has 0 spiro atoms. The number of aromatic nitrogens is 5. The Morgan fingerprint density at radius 1 is 1.08 bits per heavy atom. The predicted molar refractivity (Wildman–Crippen MR) is 148 cm³/mol. The number of pyridine rings is 1. The molecule has 3 aromatic heterocycles. The van der Waals surface area contributed by atoms with Crippen molar-refractivity contribution >= 4 is 28.4 Å². The topological polar surface area (TPSA) is 124 Å². The smallest absolute Gasteiger partial charge is 0.263 e. The van der Waals surface area contributed by atoms with Gasteiger partial charge in [-0.2, -0.15) is 10.1 Å². The zero-order chi connectivity index (χ0) is 27.0. The molecule has 2 aromatic carbocycles. The van der Waals surface area contributed by atoms with Gasteiger partial charge >= 0.3 is 0 Å². The van der Waals surface area contributed by atoms with Gasteiger partial charge in [0.15, 0.2) is 0 Å². The number of para-hydroxylation sites is 1. The van der Waals surface area contributed by atoms with Crippen LogP contribution in [0.4, 0.5) is 11.8 Å². The SMILES string of the molecule is C[C@H](Nc1nc(N)ncc1C(=O)N(C)C)c1cc2cccc(-c3cnn(C)c3)c2c(=O)n1-c1ccccc1. The fraction of sp³-hybridized carbons (Fsp3) is 0.179. The zero-order valence-corrected chi connectivity index (χ0v) is 21.6. The molecule has 3 heterocycles. The Kier molecular flexibility index (Phi) is 6.38. The van der Waals surface area contributed by atoms with E-state index in [0.717, 1.165) is 22.2 Å². The summed E-state index contributed by atoms with van der Waals surface area (Å²) in [6.45, 7) is 1.91. The molecule has 0 saturated heterocycles. The van der Waals surface area contributed by atoms with Crippen molar-refractivity contribution in [1.29, 1.82) is 0 Å². The third-order valence-electron chi connectivity index (χ3n) is 6.35. The molecule has 0 radical (unpaired) electrons. The number of nitrogens with two attached hydrogens (primary N) is 1. The Balaban J connectivity index is 1.71. The second-order valence-electron chi connectivity index (χ2n) is 9.27. The number of amides is 1. The van der Waals surface area contributed by atoms with Gasteiger partial charge in [0.1, 0.15) is 11.4 Å². The first-order chi connectivity index (χ1) is 18.2. The van der Waals surface area contributed by atoms with Crippen LogP contribution in [0.15, 0.2) is 78.0 Å². The third-order valence-corrected chi connectivity index (χ3v) is 6.35. The van der Waals surface area contributed by atoms with Gasteiger partial charge in [0.25, 0.3) is 11.5 Å². The molecule has 5 aromatic rings. The highest BCUT2D eigenvalue weighted by molar-refractivity contribution is 5.98. The maximum Gasteiger partial charge on any atom is 0.263 e. The molecule has 1 atom stereocenters. The number of benzene rings is 2. The minimum absolute atomic E-state index is 0.0371. The molecule has 38 heavy (non-hydrogen) atoms. The average molecular weight is 509 g/mol. The Morgan fingerprint density at radius 3 is 2.53 bits per heavy atom. The van der Waals surface area contributed by atoms with Crippen molar-refractivity contribution in [3.63, 3.8) is 0 Å². The lowest BCUT2D eigenvalue weighted by atomic mass is 9.99. The van der Waals surface area contributed by atoms with Gasteiger partial charge in [-0.25, -0.2) is 4.98 Å². The standard InChI is InChI=1S/C28H28N8O2/c1-17(32-25-22(26(37)34(2)3)15-30-28(29)33-25)23-13-18-9-8-12-21(19-14-31-35(4)16-19)24(18)27(38)36(23)20-10-6-5-7-11-20/h5-17H,1-4H3,(H3,29,30,32,33)/t17-/m0/s1. The number of rotatable bonds is 6. The van der Waals surface area contributed by atoms with Gasteiger partial charge in [-0.05, 0) is 36.1 Å². The van der Waals surface area contributed by atoms with E-state index in [4.69, 9.17) is 5.73 Å². The van der Waals surface area contributed by atoms with Crippen molar-refractivity contribution in [3.05, 3.63) is 94.8 Å². The summed E-state index contributed by atoms with van der Waals surface area (Å²) in [6, 6.07) is 16.8. The summed E-state index contributed by atoms with van der Waals surface area (Å²) in [5.41, 5.74) is 9.05. The van der Waals surface area contributed by atoms with Crippen LogP contribution in [0.5, 0.6) is 0 Å². The number of nitrogens with one attached hydrogen (secondary N) is 1. The van der Waals surface area contributed by atoms with Crippen LogP contribution < -0.4 is 16.6 Å². The van der Waals surface area contributed by atoms with E-state index in [1.807, 2.05) is 74.8 Å². The Bertz CT molecular complexity index is 1710. The Morgan fingerprint density at radius 2 is 1.84 bits per heavy atom. The second kappa shape index (κ2) is 9.81. The van der Waals surface area contributed by atoms with Crippen LogP contribution in [0, 0.1) is 0 Å². The van der Waals surface area contributed by atoms with E-state index in [0.29, 0.717) is 16.9 Å². The van der Waals surface area contributed by atoms with Crippen molar-refractivity contribution in [2.45, 2.75) is 13.0 Å². The molecular formula is C28H28N8O2. The van der Waals surface area contributed by atoms with Crippen molar-refractivity contribution in [2.75, 3.05) is 25.1 Å². The first-order valence-corrected chi connectivity index (χ1v) is 12.1. The van der Waals surface area contributed by atoms with Gasteiger partial charge in [0.2, 0.25) is 5.95 Å². The van der Waals surface area contributed by atoms with E-state index in [1.165, 1.54) is 11.1 Å². The maximum atomic E-state index is 14.2. The quantitative estimate of drug-likeness (QED) is 0.359. The van der Waals surface area contributed by atoms with Gasteiger partial charge in [0.05, 0.1) is 17.6 Å². The maximum absolute atomic E-state index is 14.2. The highest BCUT2D eigenvalue weighted by atomic mass is 16.2. The number of nitrogens with zero attached hydrogens (tertiary/aromatic N) is 6. The highest BCUT2D eigenvalue weighted by Gasteiger charge is 2.22. The van der Waals surface area contributed by atoms with Gasteiger partial charge in [0, 0.05) is 50.5 Å². The fourth-order valence-corrected chi connectivity index (χ4v) is 4.53. The molecular weight excluding hydrogens is 480 g/mol. The zero-order valence-electron chi connectivity index (χ0n) is 21.6. The average Bonchev–Trinajstić information content (AvgIpc) is 3.34. The molecule has 0 saturated carbocycles. The summed E-state index contributed by atoms with van der Waals surface area (Å²) in [5.74, 6) is 0.0646. The summed E-state index contributed by atoms with van der Waals surface area (Å²) in [5, 5.41) is 8.98. The first kappa shape index (κ1) is 24.7. The van der Waals surface area contributed by atoms with Gasteiger partial charge in [-0.3, -0.25) is 18.8 Å². The van der Waals surface area contributed by atoms with Crippen LogP contribution in [0.2, 0.25) is 0 Å². The van der Waals surface area contributed by atoms with Crippen LogP contribution >= 0.6 is 0 Å². The summed E-state index contributed by atoms with van der Waals surface area (Å²) in [7, 11) is 5.15. The number of carbonyl (C=O) groups is 1. The predicted octanol–water partition coefficient (Wildman–Crippen LogP) is 3.64. The molecule has 0 aliphatic rings. The molecule has 10 nitrogen and oxygen atoms in total. The van der Waals surface area contributed by atoms with Crippen LogP contribution in [-0.4, -0.2) is 49.2 Å². The van der Waals surface area contributed by atoms with E-state index in [2.05, 4.69) is 20.4 Å². The molecule has 0 aliphatic carbocycles. The number of fused-ring (bicyclic) bond motifs is 1. The van der Waals surface area contributed by atoms with Crippen LogP contribution in [-0.2, 0) is 7.05 Å². The van der Waals surface area contributed by atoms with Gasteiger partial charge in [-0.15, -0.1) is 0 Å². The summed E-state index contributed by atoms with van der Waals surface area (Å²) >= 11 is 0. The summed E-state index contributed by atoms with van der Waals surface area (Å²) in [6.07, 6.45) is 5.05. The summed E-state index contributed by atoms with van der Waals surface area (Å²) < 4.78 is 3.40. The minimum Gasteiger partial charge on any atom is -0.368 e. The first-order valence-electron chi connectivity index (χ1n) is 12.1. The van der Waals surface area contributed by atoms with Crippen LogP contribution in [0.1, 0.15) is 29.0 Å². The lowest BCUT2D eigenvalue weighted by Gasteiger charge is -2.23.